The van der Waals surface area contributed by atoms with Gasteiger partial charge in [0.25, 0.3) is 0 Å². The third-order valence-electron chi connectivity index (χ3n) is 5.81. The highest BCUT2D eigenvalue weighted by Crippen LogP contribution is 2.31. The Hall–Kier alpha value is -2.94. The predicted octanol–water partition coefficient (Wildman–Crippen LogP) is 4.67. The number of fused-ring (bicyclic) bond motifs is 3. The Labute approximate surface area is 190 Å². The van der Waals surface area contributed by atoms with E-state index in [0.717, 1.165) is 16.4 Å². The Morgan fingerprint density at radius 2 is 1.78 bits per heavy atom. The number of benzene rings is 2. The second kappa shape index (κ2) is 8.20. The van der Waals surface area contributed by atoms with Gasteiger partial charge in [0, 0.05) is 47.7 Å². The van der Waals surface area contributed by atoms with E-state index >= 15 is 0 Å². The SMILES string of the molecule is O=C(Nc1ccc2c(c1)oc1ccccc12)C1CCN(S(=O)(=O)c2cccnc2Cl)CC1. The quantitative estimate of drug-likeness (QED) is 0.438. The Kier molecular flexibility index (Phi) is 5.36. The molecule has 9 heteroatoms. The zero-order chi connectivity index (χ0) is 22.3. The van der Waals surface area contributed by atoms with Gasteiger partial charge in [0.2, 0.25) is 15.9 Å². The predicted molar refractivity (Wildman–Crippen MR) is 123 cm³/mol. The number of hydrogen-bond donors (Lipinski definition) is 1. The molecule has 1 aliphatic heterocycles. The number of nitrogens with one attached hydrogen (secondary N) is 1. The largest absolute Gasteiger partial charge is 0.456 e. The molecule has 1 aliphatic rings. The van der Waals surface area contributed by atoms with Crippen molar-refractivity contribution in [3.8, 4) is 0 Å². The summed E-state index contributed by atoms with van der Waals surface area (Å²) in [5.74, 6) is -0.408. The van der Waals surface area contributed by atoms with Crippen LogP contribution in [0.15, 0.2) is 70.1 Å². The molecule has 1 saturated heterocycles. The van der Waals surface area contributed by atoms with Crippen molar-refractivity contribution in [1.29, 1.82) is 0 Å². The van der Waals surface area contributed by atoms with Gasteiger partial charge in [-0.1, -0.05) is 29.8 Å². The number of nitrogens with zero attached hydrogens (tertiary/aromatic N) is 2. The maximum Gasteiger partial charge on any atom is 0.246 e. The zero-order valence-electron chi connectivity index (χ0n) is 17.0. The van der Waals surface area contributed by atoms with Crippen LogP contribution >= 0.6 is 11.6 Å². The van der Waals surface area contributed by atoms with Gasteiger partial charge < -0.3 is 9.73 Å². The molecule has 1 N–H and O–H groups in total. The minimum absolute atomic E-state index is 0.0105. The summed E-state index contributed by atoms with van der Waals surface area (Å²) in [5, 5.41) is 4.92. The normalized spacial score (nSPS) is 15.9. The van der Waals surface area contributed by atoms with E-state index in [1.54, 1.807) is 0 Å². The van der Waals surface area contributed by atoms with Crippen molar-refractivity contribution in [2.45, 2.75) is 17.7 Å². The molecule has 0 spiro atoms. The lowest BCUT2D eigenvalue weighted by Crippen LogP contribution is -2.41. The molecule has 0 saturated carbocycles. The smallest absolute Gasteiger partial charge is 0.246 e. The molecule has 1 amide bonds. The van der Waals surface area contributed by atoms with Crippen LogP contribution in [-0.2, 0) is 14.8 Å². The van der Waals surface area contributed by atoms with Crippen molar-refractivity contribution in [2.75, 3.05) is 18.4 Å². The van der Waals surface area contributed by atoms with Gasteiger partial charge in [0.15, 0.2) is 0 Å². The van der Waals surface area contributed by atoms with Crippen molar-refractivity contribution < 1.29 is 17.6 Å². The van der Waals surface area contributed by atoms with E-state index in [-0.39, 0.29) is 35.0 Å². The number of pyridine rings is 1. The summed E-state index contributed by atoms with van der Waals surface area (Å²) in [6, 6.07) is 16.4. The number of rotatable bonds is 4. The van der Waals surface area contributed by atoms with Crippen LogP contribution in [0.25, 0.3) is 21.9 Å². The molecule has 164 valence electrons. The first-order valence-corrected chi connectivity index (χ1v) is 12.1. The molecule has 32 heavy (non-hydrogen) atoms. The van der Waals surface area contributed by atoms with Crippen molar-refractivity contribution >= 4 is 55.2 Å². The van der Waals surface area contributed by atoms with Crippen LogP contribution in [-0.4, -0.2) is 36.7 Å². The Morgan fingerprint density at radius 1 is 1.03 bits per heavy atom. The number of para-hydroxylation sites is 1. The second-order valence-electron chi connectivity index (χ2n) is 7.77. The molecular weight excluding hydrogens is 450 g/mol. The molecular formula is C23H20ClN3O4S. The second-order valence-corrected chi connectivity index (χ2v) is 10.0. The fourth-order valence-electron chi connectivity index (χ4n) is 4.11. The summed E-state index contributed by atoms with van der Waals surface area (Å²) in [6.45, 7) is 0.489. The number of carbonyl (C=O) groups excluding carboxylic acids is 1. The Balaban J connectivity index is 1.27. The highest BCUT2D eigenvalue weighted by atomic mass is 35.5. The first kappa shape index (κ1) is 20.9. The summed E-state index contributed by atoms with van der Waals surface area (Å²) in [6.07, 6.45) is 2.30. The van der Waals surface area contributed by atoms with Crippen molar-refractivity contribution in [3.63, 3.8) is 0 Å². The van der Waals surface area contributed by atoms with E-state index in [2.05, 4.69) is 10.3 Å². The number of amides is 1. The third-order valence-corrected chi connectivity index (χ3v) is 8.16. The van der Waals surface area contributed by atoms with E-state index in [1.807, 2.05) is 42.5 Å². The molecule has 0 bridgehead atoms. The van der Waals surface area contributed by atoms with Crippen LogP contribution in [0.2, 0.25) is 5.15 Å². The maximum absolute atomic E-state index is 12.9. The van der Waals surface area contributed by atoms with E-state index in [1.165, 1.54) is 22.6 Å². The molecule has 1 fully saturated rings. The Morgan fingerprint density at radius 3 is 2.56 bits per heavy atom. The summed E-state index contributed by atoms with van der Waals surface area (Å²) in [4.78, 5) is 16.7. The van der Waals surface area contributed by atoms with Gasteiger partial charge in [-0.3, -0.25) is 4.79 Å². The van der Waals surface area contributed by atoms with Crippen molar-refractivity contribution in [3.05, 3.63) is 65.9 Å². The third kappa shape index (κ3) is 3.74. The van der Waals surface area contributed by atoms with Crippen LogP contribution in [0.3, 0.4) is 0 Å². The summed E-state index contributed by atoms with van der Waals surface area (Å²) < 4.78 is 33.0. The first-order chi connectivity index (χ1) is 15.4. The lowest BCUT2D eigenvalue weighted by Gasteiger charge is -2.30. The summed E-state index contributed by atoms with van der Waals surface area (Å²) in [7, 11) is -3.74. The van der Waals surface area contributed by atoms with Gasteiger partial charge in [0.05, 0.1) is 0 Å². The standard InChI is InChI=1S/C23H20ClN3O4S/c24-22-21(6-3-11-25-22)32(29,30)27-12-9-15(10-13-27)23(28)26-16-7-8-18-17-4-1-2-5-19(17)31-20(18)14-16/h1-8,11,14-15H,9-10,12-13H2,(H,26,28). The van der Waals surface area contributed by atoms with Crippen LogP contribution in [0, 0.1) is 5.92 Å². The average Bonchev–Trinajstić information content (AvgIpc) is 3.17. The van der Waals surface area contributed by atoms with Gasteiger partial charge in [-0.05, 0) is 43.2 Å². The lowest BCUT2D eigenvalue weighted by atomic mass is 9.97. The number of halogens is 1. The number of hydrogen-bond acceptors (Lipinski definition) is 5. The molecule has 0 aliphatic carbocycles. The van der Waals surface area contributed by atoms with Gasteiger partial charge in [0.1, 0.15) is 21.2 Å². The minimum atomic E-state index is -3.74. The maximum atomic E-state index is 12.9. The fourth-order valence-corrected chi connectivity index (χ4v) is 6.01. The topological polar surface area (TPSA) is 92.5 Å². The number of anilines is 1. The van der Waals surface area contributed by atoms with Crippen molar-refractivity contribution in [2.24, 2.45) is 5.92 Å². The molecule has 0 atom stereocenters. The van der Waals surface area contributed by atoms with Crippen LogP contribution in [0.1, 0.15) is 12.8 Å². The monoisotopic (exact) mass is 469 g/mol. The number of sulfonamides is 1. The van der Waals surface area contributed by atoms with Gasteiger partial charge in [-0.25, -0.2) is 13.4 Å². The highest BCUT2D eigenvalue weighted by molar-refractivity contribution is 7.89. The first-order valence-electron chi connectivity index (χ1n) is 10.3. The molecule has 7 nitrogen and oxygen atoms in total. The minimum Gasteiger partial charge on any atom is -0.456 e. The van der Waals surface area contributed by atoms with E-state index in [4.69, 9.17) is 16.0 Å². The zero-order valence-corrected chi connectivity index (χ0v) is 18.6. The molecule has 0 unspecified atom stereocenters. The van der Waals surface area contributed by atoms with Crippen molar-refractivity contribution in [1.82, 2.24) is 9.29 Å². The highest BCUT2D eigenvalue weighted by Gasteiger charge is 2.33. The summed E-state index contributed by atoms with van der Waals surface area (Å²) >= 11 is 5.98. The van der Waals surface area contributed by atoms with Crippen LogP contribution in [0.4, 0.5) is 5.69 Å². The molecule has 5 rings (SSSR count). The molecule has 3 heterocycles. The number of carbonyl (C=O) groups is 1. The number of aromatic nitrogens is 1. The van der Waals surface area contributed by atoms with Crippen LogP contribution < -0.4 is 5.32 Å². The molecule has 2 aromatic carbocycles. The molecule has 4 aromatic rings. The molecule has 0 radical (unpaired) electrons. The van der Waals surface area contributed by atoms with E-state index in [0.29, 0.717) is 24.1 Å². The van der Waals surface area contributed by atoms with Gasteiger partial charge >= 0.3 is 0 Å². The molecule has 2 aromatic heterocycles. The van der Waals surface area contributed by atoms with Gasteiger partial charge in [-0.2, -0.15) is 4.31 Å². The van der Waals surface area contributed by atoms with Gasteiger partial charge in [-0.15, -0.1) is 0 Å². The lowest BCUT2D eigenvalue weighted by molar-refractivity contribution is -0.120. The number of furan rings is 1. The van der Waals surface area contributed by atoms with E-state index in [9.17, 15) is 13.2 Å². The number of piperidine rings is 1. The van der Waals surface area contributed by atoms with E-state index < -0.39 is 10.0 Å². The van der Waals surface area contributed by atoms with Crippen LogP contribution in [0.5, 0.6) is 0 Å². The fraction of sp³-hybridized carbons (Fsp3) is 0.217. The average molecular weight is 470 g/mol. The summed E-state index contributed by atoms with van der Waals surface area (Å²) in [5.41, 5.74) is 2.16. The Bertz CT molecular complexity index is 1430.